The van der Waals surface area contributed by atoms with Gasteiger partial charge in [0.15, 0.2) is 0 Å². The quantitative estimate of drug-likeness (QED) is 0.410. The van der Waals surface area contributed by atoms with Crippen molar-refractivity contribution in [3.8, 4) is 0 Å². The number of carbonyl (C=O) groups is 1. The van der Waals surface area contributed by atoms with Crippen LogP contribution in [0.4, 0.5) is 0 Å². The molecule has 0 aromatic heterocycles. The van der Waals surface area contributed by atoms with Gasteiger partial charge in [-0.1, -0.05) is 20.8 Å². The van der Waals surface area contributed by atoms with Gasteiger partial charge in [0.1, 0.15) is 0 Å². The van der Waals surface area contributed by atoms with E-state index >= 15 is 0 Å². The van der Waals surface area contributed by atoms with Gasteiger partial charge in [0.25, 0.3) is 5.91 Å². The van der Waals surface area contributed by atoms with Crippen molar-refractivity contribution in [3.05, 3.63) is 0 Å². The van der Waals surface area contributed by atoms with E-state index in [4.69, 9.17) is 5.84 Å². The van der Waals surface area contributed by atoms with Crippen molar-refractivity contribution in [2.75, 3.05) is 27.2 Å². The first-order valence-electron chi connectivity index (χ1n) is 6.29. The summed E-state index contributed by atoms with van der Waals surface area (Å²) in [5, 5.41) is 0. The maximum absolute atomic E-state index is 11.8. The Bertz CT molecular complexity index is 267. The number of nitrogens with one attached hydrogen (secondary N) is 1. The van der Waals surface area contributed by atoms with Gasteiger partial charge in [0.05, 0.1) is 6.04 Å². The first-order valence-corrected chi connectivity index (χ1v) is 6.29. The molecule has 17 heavy (non-hydrogen) atoms. The number of rotatable bonds is 4. The SMILES string of the molecule is CC(C)C(C(=O)NN)N1CC(C)C(N(C)C)C1. The smallest absolute Gasteiger partial charge is 0.251 e. The third-order valence-corrected chi connectivity index (χ3v) is 3.70. The lowest BCUT2D eigenvalue weighted by molar-refractivity contribution is -0.127. The Balaban J connectivity index is 2.75. The largest absolute Gasteiger partial charge is 0.305 e. The Kier molecular flexibility index (Phi) is 4.91. The van der Waals surface area contributed by atoms with E-state index in [1.807, 2.05) is 0 Å². The normalized spacial score (nSPS) is 27.8. The number of hydrogen-bond acceptors (Lipinski definition) is 4. The van der Waals surface area contributed by atoms with Crippen molar-refractivity contribution >= 4 is 5.91 Å². The Morgan fingerprint density at radius 2 is 2.00 bits per heavy atom. The van der Waals surface area contributed by atoms with Crippen LogP contribution in [0, 0.1) is 11.8 Å². The molecule has 0 aliphatic carbocycles. The molecule has 5 nitrogen and oxygen atoms in total. The van der Waals surface area contributed by atoms with E-state index in [0.717, 1.165) is 13.1 Å². The Hall–Kier alpha value is -0.650. The standard InChI is InChI=1S/C12H26N4O/c1-8(2)11(12(17)14-13)16-6-9(3)10(7-16)15(4)5/h8-11H,6-7,13H2,1-5H3,(H,14,17). The predicted octanol–water partition coefficient (Wildman–Crippen LogP) is -0.117. The molecular formula is C12H26N4O. The summed E-state index contributed by atoms with van der Waals surface area (Å²) < 4.78 is 0. The Morgan fingerprint density at radius 1 is 1.41 bits per heavy atom. The number of nitrogens with zero attached hydrogens (tertiary/aromatic N) is 2. The average Bonchev–Trinajstić information content (AvgIpc) is 2.59. The summed E-state index contributed by atoms with van der Waals surface area (Å²) in [5.74, 6) is 6.04. The van der Waals surface area contributed by atoms with Crippen LogP contribution in [0.15, 0.2) is 0 Å². The topological polar surface area (TPSA) is 61.6 Å². The molecule has 3 N–H and O–H groups in total. The number of carbonyl (C=O) groups excluding carboxylic acids is 1. The van der Waals surface area contributed by atoms with Crippen LogP contribution in [0.3, 0.4) is 0 Å². The second-order valence-corrected chi connectivity index (χ2v) is 5.66. The van der Waals surface area contributed by atoms with Crippen molar-refractivity contribution in [2.45, 2.75) is 32.9 Å². The number of likely N-dealkylation sites (tertiary alicyclic amines) is 1. The lowest BCUT2D eigenvalue weighted by Gasteiger charge is -2.29. The maximum atomic E-state index is 11.8. The number of hydrogen-bond donors (Lipinski definition) is 2. The minimum absolute atomic E-state index is 0.0772. The lowest BCUT2D eigenvalue weighted by atomic mass is 10.0. The molecule has 1 rings (SSSR count). The average molecular weight is 242 g/mol. The van der Waals surface area contributed by atoms with Crippen LogP contribution in [0.5, 0.6) is 0 Å². The van der Waals surface area contributed by atoms with Crippen LogP contribution in [0.1, 0.15) is 20.8 Å². The van der Waals surface area contributed by atoms with Crippen molar-refractivity contribution in [1.29, 1.82) is 0 Å². The van der Waals surface area contributed by atoms with E-state index in [9.17, 15) is 4.79 Å². The van der Waals surface area contributed by atoms with E-state index in [1.165, 1.54) is 0 Å². The number of likely N-dealkylation sites (N-methyl/N-ethyl adjacent to an activating group) is 1. The molecule has 1 saturated heterocycles. The van der Waals surface area contributed by atoms with Gasteiger partial charge in [-0.15, -0.1) is 0 Å². The molecule has 1 fully saturated rings. The van der Waals surface area contributed by atoms with Gasteiger partial charge in [-0.25, -0.2) is 5.84 Å². The Labute approximate surface area is 104 Å². The summed E-state index contributed by atoms with van der Waals surface area (Å²) in [6.07, 6.45) is 0. The first-order chi connectivity index (χ1) is 7.88. The van der Waals surface area contributed by atoms with Gasteiger partial charge in [-0.3, -0.25) is 15.1 Å². The molecule has 1 heterocycles. The molecule has 0 spiro atoms. The van der Waals surface area contributed by atoms with Crippen molar-refractivity contribution in [2.24, 2.45) is 17.7 Å². The maximum Gasteiger partial charge on any atom is 0.251 e. The molecule has 3 atom stereocenters. The second-order valence-electron chi connectivity index (χ2n) is 5.66. The number of hydrazine groups is 1. The van der Waals surface area contributed by atoms with Crippen LogP contribution in [-0.2, 0) is 4.79 Å². The van der Waals surface area contributed by atoms with E-state index in [2.05, 4.69) is 50.1 Å². The van der Waals surface area contributed by atoms with Gasteiger partial charge in [-0.05, 0) is 25.9 Å². The van der Waals surface area contributed by atoms with Crippen LogP contribution < -0.4 is 11.3 Å². The fourth-order valence-electron chi connectivity index (χ4n) is 2.86. The molecule has 100 valence electrons. The van der Waals surface area contributed by atoms with Gasteiger partial charge < -0.3 is 4.90 Å². The molecule has 0 aromatic rings. The fraction of sp³-hybridized carbons (Fsp3) is 0.917. The van der Waals surface area contributed by atoms with Gasteiger partial charge in [-0.2, -0.15) is 0 Å². The predicted molar refractivity (Wildman–Crippen MR) is 69.2 cm³/mol. The summed E-state index contributed by atoms with van der Waals surface area (Å²) in [5.41, 5.74) is 2.29. The highest BCUT2D eigenvalue weighted by Crippen LogP contribution is 2.24. The molecule has 1 aliphatic rings. The van der Waals surface area contributed by atoms with Gasteiger partial charge in [0, 0.05) is 19.1 Å². The highest BCUT2D eigenvalue weighted by Gasteiger charge is 2.38. The highest BCUT2D eigenvalue weighted by molar-refractivity contribution is 5.81. The minimum atomic E-state index is -0.118. The summed E-state index contributed by atoms with van der Waals surface area (Å²) >= 11 is 0. The minimum Gasteiger partial charge on any atom is -0.305 e. The monoisotopic (exact) mass is 242 g/mol. The molecule has 0 aromatic carbocycles. The third kappa shape index (κ3) is 3.18. The van der Waals surface area contributed by atoms with Crippen molar-refractivity contribution in [1.82, 2.24) is 15.2 Å². The molecule has 0 bridgehead atoms. The Morgan fingerprint density at radius 3 is 2.35 bits per heavy atom. The highest BCUT2D eigenvalue weighted by atomic mass is 16.2. The molecule has 3 unspecified atom stereocenters. The molecule has 1 amide bonds. The van der Waals surface area contributed by atoms with E-state index in [-0.39, 0.29) is 17.9 Å². The van der Waals surface area contributed by atoms with E-state index < -0.39 is 0 Å². The zero-order valence-corrected chi connectivity index (χ0v) is 11.6. The number of amides is 1. The second kappa shape index (κ2) is 5.80. The lowest BCUT2D eigenvalue weighted by Crippen LogP contribution is -2.51. The van der Waals surface area contributed by atoms with Crippen molar-refractivity contribution < 1.29 is 4.79 Å². The zero-order valence-electron chi connectivity index (χ0n) is 11.6. The molecular weight excluding hydrogens is 216 g/mol. The van der Waals surface area contributed by atoms with E-state index in [0.29, 0.717) is 12.0 Å². The van der Waals surface area contributed by atoms with Gasteiger partial charge in [0.2, 0.25) is 0 Å². The van der Waals surface area contributed by atoms with Crippen LogP contribution >= 0.6 is 0 Å². The summed E-state index contributed by atoms with van der Waals surface area (Å²) in [6.45, 7) is 8.26. The first kappa shape index (κ1) is 14.4. The number of nitrogens with two attached hydrogens (primary N) is 1. The summed E-state index contributed by atoms with van der Waals surface area (Å²) in [7, 11) is 4.19. The van der Waals surface area contributed by atoms with Crippen LogP contribution in [0.2, 0.25) is 0 Å². The van der Waals surface area contributed by atoms with Gasteiger partial charge >= 0.3 is 0 Å². The summed E-state index contributed by atoms with van der Waals surface area (Å²) in [6, 6.07) is 0.397. The molecule has 0 saturated carbocycles. The van der Waals surface area contributed by atoms with Crippen molar-refractivity contribution in [3.63, 3.8) is 0 Å². The fourth-order valence-corrected chi connectivity index (χ4v) is 2.86. The molecule has 0 radical (unpaired) electrons. The summed E-state index contributed by atoms with van der Waals surface area (Å²) in [4.78, 5) is 16.3. The zero-order chi connectivity index (χ0) is 13.2. The third-order valence-electron chi connectivity index (χ3n) is 3.70. The molecule has 5 heteroatoms. The van der Waals surface area contributed by atoms with E-state index in [1.54, 1.807) is 0 Å². The van der Waals surface area contributed by atoms with Crippen LogP contribution in [-0.4, -0.2) is 55.0 Å². The molecule has 1 aliphatic heterocycles. The van der Waals surface area contributed by atoms with Crippen LogP contribution in [0.25, 0.3) is 0 Å².